The average Bonchev–Trinajstić information content (AvgIpc) is 2.87. The van der Waals surface area contributed by atoms with E-state index in [4.69, 9.17) is 5.73 Å². The van der Waals surface area contributed by atoms with Gasteiger partial charge in [-0.05, 0) is 36.4 Å². The summed E-state index contributed by atoms with van der Waals surface area (Å²) >= 11 is 0. The number of methoxy groups -OCH3 is 1. The standard InChI is InChI=1S/C11H13N5O2/c1-7(11(17)18-2)16-14-10(13-15-16)8-3-5-9(12)6-4-8/h3-7H,12H2,1-2H3. The Labute approximate surface area is 104 Å². The predicted octanol–water partition coefficient (Wildman–Crippen LogP) is 0.656. The van der Waals surface area contributed by atoms with Crippen molar-refractivity contribution in [1.82, 2.24) is 20.2 Å². The number of tetrazole rings is 1. The second-order valence-corrected chi connectivity index (χ2v) is 3.75. The Kier molecular flexibility index (Phi) is 3.22. The Hall–Kier alpha value is -2.44. The van der Waals surface area contributed by atoms with Gasteiger partial charge in [0.2, 0.25) is 5.82 Å². The molecule has 2 rings (SSSR count). The van der Waals surface area contributed by atoms with Crippen LogP contribution in [0.2, 0.25) is 0 Å². The lowest BCUT2D eigenvalue weighted by atomic mass is 10.2. The quantitative estimate of drug-likeness (QED) is 0.632. The molecule has 1 aromatic heterocycles. The predicted molar refractivity (Wildman–Crippen MR) is 64.4 cm³/mol. The van der Waals surface area contributed by atoms with Crippen LogP contribution in [-0.2, 0) is 9.53 Å². The van der Waals surface area contributed by atoms with E-state index in [9.17, 15) is 4.79 Å². The third-order valence-corrected chi connectivity index (χ3v) is 2.49. The van der Waals surface area contributed by atoms with E-state index in [2.05, 4.69) is 20.1 Å². The zero-order valence-corrected chi connectivity index (χ0v) is 10.1. The number of aromatic nitrogens is 4. The Morgan fingerprint density at radius 1 is 1.39 bits per heavy atom. The molecule has 0 spiro atoms. The number of nitrogen functional groups attached to an aromatic ring is 1. The van der Waals surface area contributed by atoms with Crippen LogP contribution in [0.25, 0.3) is 11.4 Å². The van der Waals surface area contributed by atoms with Crippen LogP contribution < -0.4 is 5.73 Å². The van der Waals surface area contributed by atoms with Gasteiger partial charge in [-0.3, -0.25) is 0 Å². The van der Waals surface area contributed by atoms with E-state index in [1.165, 1.54) is 11.9 Å². The van der Waals surface area contributed by atoms with E-state index in [-0.39, 0.29) is 0 Å². The summed E-state index contributed by atoms with van der Waals surface area (Å²) in [6.07, 6.45) is 0. The highest BCUT2D eigenvalue weighted by Gasteiger charge is 2.18. The SMILES string of the molecule is COC(=O)C(C)n1nnc(-c2ccc(N)cc2)n1. The molecule has 2 N–H and O–H groups in total. The molecule has 0 aliphatic rings. The van der Waals surface area contributed by atoms with E-state index in [0.29, 0.717) is 11.5 Å². The first kappa shape index (κ1) is 12.0. The normalized spacial score (nSPS) is 12.1. The van der Waals surface area contributed by atoms with Crippen LogP contribution in [0.5, 0.6) is 0 Å². The van der Waals surface area contributed by atoms with Crippen molar-refractivity contribution >= 4 is 11.7 Å². The molecule has 1 unspecified atom stereocenters. The van der Waals surface area contributed by atoms with Crippen molar-refractivity contribution in [3.8, 4) is 11.4 Å². The highest BCUT2D eigenvalue weighted by atomic mass is 16.5. The van der Waals surface area contributed by atoms with Gasteiger partial charge in [0.1, 0.15) is 0 Å². The maximum Gasteiger partial charge on any atom is 0.332 e. The number of benzene rings is 1. The van der Waals surface area contributed by atoms with Crippen LogP contribution in [0.4, 0.5) is 5.69 Å². The number of nitrogens with zero attached hydrogens (tertiary/aromatic N) is 4. The maximum absolute atomic E-state index is 11.3. The molecule has 1 heterocycles. The number of hydrogen-bond acceptors (Lipinski definition) is 6. The number of carbonyl (C=O) groups is 1. The summed E-state index contributed by atoms with van der Waals surface area (Å²) in [5.74, 6) is 0.0157. The van der Waals surface area contributed by atoms with Crippen molar-refractivity contribution in [3.63, 3.8) is 0 Å². The Balaban J connectivity index is 2.25. The lowest BCUT2D eigenvalue weighted by Crippen LogP contribution is -2.20. The van der Waals surface area contributed by atoms with Gasteiger partial charge in [-0.2, -0.15) is 0 Å². The highest BCUT2D eigenvalue weighted by molar-refractivity contribution is 5.73. The molecule has 0 aliphatic heterocycles. The monoisotopic (exact) mass is 247 g/mol. The molecule has 0 saturated heterocycles. The summed E-state index contributed by atoms with van der Waals surface area (Å²) < 4.78 is 4.61. The molecule has 18 heavy (non-hydrogen) atoms. The highest BCUT2D eigenvalue weighted by Crippen LogP contribution is 2.16. The molecule has 7 nitrogen and oxygen atoms in total. The van der Waals surface area contributed by atoms with E-state index < -0.39 is 12.0 Å². The molecule has 1 aromatic carbocycles. The summed E-state index contributed by atoms with van der Waals surface area (Å²) in [5, 5.41) is 11.8. The molecule has 7 heteroatoms. The molecule has 0 bridgehead atoms. The van der Waals surface area contributed by atoms with Crippen molar-refractivity contribution < 1.29 is 9.53 Å². The zero-order chi connectivity index (χ0) is 13.1. The Morgan fingerprint density at radius 3 is 2.67 bits per heavy atom. The molecular formula is C11H13N5O2. The van der Waals surface area contributed by atoms with Gasteiger partial charge in [0.05, 0.1) is 7.11 Å². The van der Waals surface area contributed by atoms with Crippen molar-refractivity contribution in [2.75, 3.05) is 12.8 Å². The molecular weight excluding hydrogens is 234 g/mol. The largest absolute Gasteiger partial charge is 0.467 e. The van der Waals surface area contributed by atoms with Gasteiger partial charge < -0.3 is 10.5 Å². The number of rotatable bonds is 3. The van der Waals surface area contributed by atoms with Gasteiger partial charge in [0.15, 0.2) is 6.04 Å². The molecule has 2 aromatic rings. The molecule has 0 saturated carbocycles. The van der Waals surface area contributed by atoms with Gasteiger partial charge in [0.25, 0.3) is 0 Å². The number of anilines is 1. The van der Waals surface area contributed by atoms with Gasteiger partial charge >= 0.3 is 5.97 Å². The van der Waals surface area contributed by atoms with Crippen LogP contribution in [0, 0.1) is 0 Å². The number of esters is 1. The fraction of sp³-hybridized carbons (Fsp3) is 0.273. The van der Waals surface area contributed by atoms with Gasteiger partial charge in [-0.1, -0.05) is 0 Å². The third kappa shape index (κ3) is 2.29. The van der Waals surface area contributed by atoms with E-state index in [1.54, 1.807) is 31.2 Å². The van der Waals surface area contributed by atoms with Crippen LogP contribution >= 0.6 is 0 Å². The van der Waals surface area contributed by atoms with Crippen LogP contribution in [0.1, 0.15) is 13.0 Å². The minimum Gasteiger partial charge on any atom is -0.467 e. The van der Waals surface area contributed by atoms with E-state index >= 15 is 0 Å². The lowest BCUT2D eigenvalue weighted by molar-refractivity contribution is -0.144. The minimum absolute atomic E-state index is 0.420. The second-order valence-electron chi connectivity index (χ2n) is 3.75. The lowest BCUT2D eigenvalue weighted by Gasteiger charge is -2.05. The van der Waals surface area contributed by atoms with Crippen LogP contribution in [0.3, 0.4) is 0 Å². The molecule has 0 aliphatic carbocycles. The molecule has 0 radical (unpaired) electrons. The summed E-state index contributed by atoms with van der Waals surface area (Å²) in [7, 11) is 1.32. The maximum atomic E-state index is 11.3. The van der Waals surface area contributed by atoms with Gasteiger partial charge in [-0.15, -0.1) is 15.0 Å². The molecule has 0 amide bonds. The number of nitrogens with two attached hydrogens (primary N) is 1. The first-order valence-electron chi connectivity index (χ1n) is 5.35. The van der Waals surface area contributed by atoms with Crippen molar-refractivity contribution in [1.29, 1.82) is 0 Å². The Morgan fingerprint density at radius 2 is 2.06 bits per heavy atom. The zero-order valence-electron chi connectivity index (χ0n) is 10.1. The van der Waals surface area contributed by atoms with Crippen LogP contribution in [0.15, 0.2) is 24.3 Å². The number of carbonyl (C=O) groups excluding carboxylic acids is 1. The molecule has 0 fully saturated rings. The van der Waals surface area contributed by atoms with Gasteiger partial charge in [0, 0.05) is 11.3 Å². The average molecular weight is 247 g/mol. The minimum atomic E-state index is -0.606. The van der Waals surface area contributed by atoms with Crippen molar-refractivity contribution in [2.24, 2.45) is 0 Å². The summed E-state index contributed by atoms with van der Waals surface area (Å²) in [6.45, 7) is 1.64. The number of hydrogen-bond donors (Lipinski definition) is 1. The fourth-order valence-electron chi connectivity index (χ4n) is 1.40. The second kappa shape index (κ2) is 4.82. The smallest absolute Gasteiger partial charge is 0.332 e. The number of ether oxygens (including phenoxy) is 1. The van der Waals surface area contributed by atoms with Crippen LogP contribution in [-0.4, -0.2) is 33.3 Å². The molecule has 94 valence electrons. The first-order valence-corrected chi connectivity index (χ1v) is 5.35. The summed E-state index contributed by atoms with van der Waals surface area (Å²) in [6, 6.07) is 6.48. The summed E-state index contributed by atoms with van der Waals surface area (Å²) in [5.41, 5.74) is 7.04. The third-order valence-electron chi connectivity index (χ3n) is 2.49. The fourth-order valence-corrected chi connectivity index (χ4v) is 1.40. The van der Waals surface area contributed by atoms with Gasteiger partial charge in [-0.25, -0.2) is 4.79 Å². The molecule has 1 atom stereocenters. The Bertz CT molecular complexity index is 549. The topological polar surface area (TPSA) is 95.9 Å². The summed E-state index contributed by atoms with van der Waals surface area (Å²) in [4.78, 5) is 12.6. The van der Waals surface area contributed by atoms with E-state index in [1.807, 2.05) is 0 Å². The van der Waals surface area contributed by atoms with E-state index in [0.717, 1.165) is 5.56 Å². The van der Waals surface area contributed by atoms with Crippen molar-refractivity contribution in [3.05, 3.63) is 24.3 Å². The first-order chi connectivity index (χ1) is 8.61. The van der Waals surface area contributed by atoms with Crippen molar-refractivity contribution in [2.45, 2.75) is 13.0 Å².